The number of nitrogens with zero attached hydrogens (tertiary/aromatic N) is 4. The second-order valence-electron chi connectivity index (χ2n) is 7.31. The fraction of sp³-hybridized carbons (Fsp3) is 0.286. The normalized spacial score (nSPS) is 13.4. The number of carbonyl (C=O) groups is 1. The molecule has 2 aromatic carbocycles. The Balaban J connectivity index is 1.61. The van der Waals surface area contributed by atoms with E-state index >= 15 is 0 Å². The molecule has 1 aliphatic heterocycles. The van der Waals surface area contributed by atoms with Gasteiger partial charge in [0.15, 0.2) is 5.82 Å². The van der Waals surface area contributed by atoms with E-state index in [0.29, 0.717) is 17.1 Å². The number of amides is 1. The van der Waals surface area contributed by atoms with Crippen LogP contribution in [-0.4, -0.2) is 25.6 Å². The van der Waals surface area contributed by atoms with Crippen molar-refractivity contribution >= 4 is 17.3 Å². The lowest BCUT2D eigenvalue weighted by molar-refractivity contribution is -0.385. The summed E-state index contributed by atoms with van der Waals surface area (Å²) in [5.74, 6) is 0.411. The van der Waals surface area contributed by atoms with E-state index in [1.807, 2.05) is 4.57 Å². The van der Waals surface area contributed by atoms with Gasteiger partial charge in [0.05, 0.1) is 10.5 Å². The van der Waals surface area contributed by atoms with Gasteiger partial charge in [0, 0.05) is 35.8 Å². The summed E-state index contributed by atoms with van der Waals surface area (Å²) >= 11 is 0. The quantitative estimate of drug-likeness (QED) is 0.512. The van der Waals surface area contributed by atoms with Crippen molar-refractivity contribution in [1.29, 1.82) is 0 Å². The number of hydrogen-bond donors (Lipinski definition) is 1. The van der Waals surface area contributed by atoms with Gasteiger partial charge in [-0.2, -0.15) is 0 Å². The molecule has 0 atom stereocenters. The first-order valence-corrected chi connectivity index (χ1v) is 9.72. The maximum Gasteiger partial charge on any atom is 0.272 e. The third-order valence-corrected chi connectivity index (χ3v) is 5.23. The fourth-order valence-electron chi connectivity index (χ4n) is 3.66. The second kappa shape index (κ2) is 8.02. The molecule has 0 radical (unpaired) electrons. The number of benzene rings is 2. The van der Waals surface area contributed by atoms with Crippen molar-refractivity contribution < 1.29 is 14.1 Å². The molecule has 1 N–H and O–H groups in total. The first-order chi connectivity index (χ1) is 14.4. The molecule has 1 aliphatic rings. The van der Waals surface area contributed by atoms with E-state index in [9.17, 15) is 19.3 Å². The van der Waals surface area contributed by atoms with Crippen molar-refractivity contribution in [3.05, 3.63) is 69.3 Å². The van der Waals surface area contributed by atoms with E-state index in [-0.39, 0.29) is 16.8 Å². The van der Waals surface area contributed by atoms with Crippen LogP contribution in [-0.2, 0) is 13.0 Å². The molecule has 8 nitrogen and oxygen atoms in total. The van der Waals surface area contributed by atoms with Crippen LogP contribution in [0.25, 0.3) is 11.4 Å². The highest BCUT2D eigenvalue weighted by Gasteiger charge is 2.20. The van der Waals surface area contributed by atoms with Crippen LogP contribution < -0.4 is 5.32 Å². The molecule has 0 bridgehead atoms. The lowest BCUT2D eigenvalue weighted by Gasteiger charge is -2.11. The third kappa shape index (κ3) is 3.78. The Kier molecular flexibility index (Phi) is 5.26. The molecular weight excluding hydrogens is 389 g/mol. The molecule has 1 amide bonds. The summed E-state index contributed by atoms with van der Waals surface area (Å²) in [6.07, 6.45) is 3.92. The number of nitrogens with one attached hydrogen (secondary N) is 1. The lowest BCUT2D eigenvalue weighted by Crippen LogP contribution is -2.13. The Bertz CT molecular complexity index is 1140. The first-order valence-electron chi connectivity index (χ1n) is 9.72. The minimum atomic E-state index is -0.495. The Morgan fingerprint density at radius 2 is 2.00 bits per heavy atom. The van der Waals surface area contributed by atoms with Crippen molar-refractivity contribution in [2.75, 3.05) is 5.32 Å². The second-order valence-corrected chi connectivity index (χ2v) is 7.31. The zero-order chi connectivity index (χ0) is 21.3. The molecule has 30 heavy (non-hydrogen) atoms. The van der Waals surface area contributed by atoms with Crippen LogP contribution in [0.1, 0.15) is 41.0 Å². The number of fused-ring (bicyclic) bond motifs is 1. The molecule has 2 heterocycles. The molecule has 0 unspecified atom stereocenters. The minimum absolute atomic E-state index is 0.0527. The molecule has 1 aromatic heterocycles. The minimum Gasteiger partial charge on any atom is -0.322 e. The van der Waals surface area contributed by atoms with E-state index in [1.165, 1.54) is 36.4 Å². The van der Waals surface area contributed by atoms with E-state index in [1.54, 1.807) is 6.92 Å². The van der Waals surface area contributed by atoms with Crippen LogP contribution >= 0.6 is 0 Å². The van der Waals surface area contributed by atoms with Crippen LogP contribution in [0.15, 0.2) is 36.4 Å². The fourth-order valence-corrected chi connectivity index (χ4v) is 3.66. The topological polar surface area (TPSA) is 103 Å². The summed E-state index contributed by atoms with van der Waals surface area (Å²) in [7, 11) is 0. The Morgan fingerprint density at radius 1 is 1.17 bits per heavy atom. The van der Waals surface area contributed by atoms with E-state index in [0.717, 1.165) is 38.1 Å². The van der Waals surface area contributed by atoms with Crippen molar-refractivity contribution in [3.63, 3.8) is 0 Å². The molecule has 154 valence electrons. The van der Waals surface area contributed by atoms with Gasteiger partial charge in [0.1, 0.15) is 11.6 Å². The highest BCUT2D eigenvalue weighted by molar-refractivity contribution is 6.04. The summed E-state index contributed by atoms with van der Waals surface area (Å²) in [6, 6.07) is 8.43. The molecule has 0 fully saturated rings. The van der Waals surface area contributed by atoms with Gasteiger partial charge < -0.3 is 9.88 Å². The average molecular weight is 409 g/mol. The monoisotopic (exact) mass is 409 g/mol. The first kappa shape index (κ1) is 19.7. The van der Waals surface area contributed by atoms with Crippen LogP contribution in [0.3, 0.4) is 0 Å². The van der Waals surface area contributed by atoms with Crippen LogP contribution in [0.5, 0.6) is 0 Å². The number of nitro groups is 1. The molecule has 9 heteroatoms. The lowest BCUT2D eigenvalue weighted by atomic mass is 10.1. The highest BCUT2D eigenvalue weighted by Crippen LogP contribution is 2.28. The van der Waals surface area contributed by atoms with E-state index < -0.39 is 16.6 Å². The van der Waals surface area contributed by atoms with Crippen molar-refractivity contribution in [1.82, 2.24) is 14.8 Å². The zero-order valence-electron chi connectivity index (χ0n) is 16.4. The zero-order valence-corrected chi connectivity index (χ0v) is 16.4. The predicted molar refractivity (Wildman–Crippen MR) is 109 cm³/mol. The molecule has 4 rings (SSSR count). The molecular formula is C21H20FN5O3. The summed E-state index contributed by atoms with van der Waals surface area (Å²) in [5.41, 5.74) is 1.29. The van der Waals surface area contributed by atoms with Crippen molar-refractivity contribution in [3.8, 4) is 11.4 Å². The van der Waals surface area contributed by atoms with Gasteiger partial charge in [0.2, 0.25) is 0 Å². The molecule has 0 saturated heterocycles. The summed E-state index contributed by atoms with van der Waals surface area (Å²) in [4.78, 5) is 23.1. The predicted octanol–water partition coefficient (Wildman–Crippen LogP) is 4.28. The molecule has 3 aromatic rings. The summed E-state index contributed by atoms with van der Waals surface area (Å²) in [5, 5.41) is 22.1. The van der Waals surface area contributed by atoms with Gasteiger partial charge >= 0.3 is 0 Å². The maximum atomic E-state index is 14.6. The van der Waals surface area contributed by atoms with Crippen LogP contribution in [0.2, 0.25) is 0 Å². The van der Waals surface area contributed by atoms with Gasteiger partial charge in [-0.3, -0.25) is 14.9 Å². The number of rotatable bonds is 4. The highest BCUT2D eigenvalue weighted by atomic mass is 19.1. The van der Waals surface area contributed by atoms with Gasteiger partial charge in [-0.05, 0) is 50.1 Å². The largest absolute Gasteiger partial charge is 0.322 e. The SMILES string of the molecule is Cc1cc(C(=O)Nc2ccc(F)c(-c3nnc4n3CCCCC4)c2)ccc1[N+](=O)[O-]. The number of aromatic nitrogens is 3. The number of aryl methyl sites for hydroxylation is 2. The van der Waals surface area contributed by atoms with Crippen LogP contribution in [0, 0.1) is 22.9 Å². The van der Waals surface area contributed by atoms with Crippen molar-refractivity contribution in [2.24, 2.45) is 0 Å². The Morgan fingerprint density at radius 3 is 2.77 bits per heavy atom. The third-order valence-electron chi connectivity index (χ3n) is 5.23. The number of anilines is 1. The standard InChI is InChI=1S/C21H20FN5O3/c1-13-11-14(6-9-18(13)27(29)30)21(28)23-15-7-8-17(22)16(12-15)20-25-24-19-5-3-2-4-10-26(19)20/h6-9,11-12H,2-5,10H2,1H3,(H,23,28). The number of nitro benzene ring substituents is 1. The van der Waals surface area contributed by atoms with Gasteiger partial charge in [-0.25, -0.2) is 4.39 Å². The van der Waals surface area contributed by atoms with Crippen LogP contribution in [0.4, 0.5) is 15.8 Å². The van der Waals surface area contributed by atoms with Gasteiger partial charge in [-0.15, -0.1) is 10.2 Å². The number of halogens is 1. The summed E-state index contributed by atoms with van der Waals surface area (Å²) < 4.78 is 16.5. The molecule has 0 saturated carbocycles. The Labute approximate surface area is 171 Å². The number of carbonyl (C=O) groups excluding carboxylic acids is 1. The average Bonchev–Trinajstić information content (AvgIpc) is 2.96. The van der Waals surface area contributed by atoms with Crippen molar-refractivity contribution in [2.45, 2.75) is 39.2 Å². The van der Waals surface area contributed by atoms with E-state index in [2.05, 4.69) is 15.5 Å². The van der Waals surface area contributed by atoms with E-state index in [4.69, 9.17) is 0 Å². The molecule has 0 spiro atoms. The summed E-state index contributed by atoms with van der Waals surface area (Å²) in [6.45, 7) is 2.30. The van der Waals surface area contributed by atoms with Gasteiger partial charge in [-0.1, -0.05) is 6.42 Å². The molecule has 0 aliphatic carbocycles. The number of hydrogen-bond acceptors (Lipinski definition) is 5. The Hall–Kier alpha value is -3.62. The smallest absolute Gasteiger partial charge is 0.272 e. The maximum absolute atomic E-state index is 14.6. The van der Waals surface area contributed by atoms with Gasteiger partial charge in [0.25, 0.3) is 11.6 Å².